The first kappa shape index (κ1) is 12.5. The molecule has 7 nitrogen and oxygen atoms in total. The minimum atomic E-state index is -2.93. The van der Waals surface area contributed by atoms with Crippen LogP contribution in [0.15, 0.2) is 17.1 Å². The van der Waals surface area contributed by atoms with Crippen LogP contribution in [0.2, 0.25) is 0 Å². The summed E-state index contributed by atoms with van der Waals surface area (Å²) in [6.45, 7) is 0.845. The predicted molar refractivity (Wildman–Crippen MR) is 57.3 cm³/mol. The van der Waals surface area contributed by atoms with E-state index in [1.165, 1.54) is 6.07 Å². The van der Waals surface area contributed by atoms with Crippen molar-refractivity contribution in [3.63, 3.8) is 0 Å². The number of anilines is 1. The van der Waals surface area contributed by atoms with Crippen LogP contribution in [0.1, 0.15) is 13.2 Å². The predicted octanol–water partition coefficient (Wildman–Crippen LogP) is -1.15. The molecule has 1 unspecified atom stereocenters. The molecule has 1 aromatic heterocycles. The molecule has 0 aromatic carbocycles. The Morgan fingerprint density at radius 3 is 2.68 bits per heavy atom. The highest BCUT2D eigenvalue weighted by Crippen LogP contribution is 2.68. The van der Waals surface area contributed by atoms with Crippen LogP contribution in [0.3, 0.4) is 0 Å². The molecule has 1 aliphatic heterocycles. The molecule has 0 radical (unpaired) electrons. The fourth-order valence-electron chi connectivity index (χ4n) is 2.52. The van der Waals surface area contributed by atoms with E-state index in [9.17, 15) is 23.8 Å². The standard InChI is InChI=1S/C10H11F2N3O4/c1-8(11)6(15-3-2-4(13)14-7(15)17)19-10(12)5(16)9(8,10)18/h2-3,5-6,16,18H,1H3,(H2,13,14,17)/t5?,6-,8+,9-,10-/m1/s1. The zero-order chi connectivity index (χ0) is 14.2. The van der Waals surface area contributed by atoms with Gasteiger partial charge in [0.25, 0.3) is 5.85 Å². The minimum absolute atomic E-state index is 0.0846. The van der Waals surface area contributed by atoms with E-state index in [2.05, 4.69) is 4.98 Å². The average molecular weight is 275 g/mol. The van der Waals surface area contributed by atoms with Gasteiger partial charge in [-0.3, -0.25) is 4.57 Å². The molecule has 104 valence electrons. The quantitative estimate of drug-likeness (QED) is 0.597. The van der Waals surface area contributed by atoms with Crippen LogP contribution in [0.25, 0.3) is 0 Å². The average Bonchev–Trinajstić information content (AvgIpc) is 2.67. The summed E-state index contributed by atoms with van der Waals surface area (Å²) in [7, 11) is 0. The first-order chi connectivity index (χ1) is 8.66. The lowest BCUT2D eigenvalue weighted by Gasteiger charge is -2.28. The van der Waals surface area contributed by atoms with Crippen molar-refractivity contribution < 1.29 is 23.7 Å². The number of alkyl halides is 2. The third kappa shape index (κ3) is 1.15. The van der Waals surface area contributed by atoms with Gasteiger partial charge >= 0.3 is 5.69 Å². The number of aliphatic hydroxyl groups excluding tert-OH is 1. The van der Waals surface area contributed by atoms with Crippen molar-refractivity contribution in [1.29, 1.82) is 0 Å². The monoisotopic (exact) mass is 275 g/mol. The van der Waals surface area contributed by atoms with Crippen LogP contribution in [0.5, 0.6) is 0 Å². The fourth-order valence-corrected chi connectivity index (χ4v) is 2.52. The number of nitrogens with two attached hydrogens (primary N) is 1. The second kappa shape index (κ2) is 3.11. The molecule has 9 heteroatoms. The summed E-state index contributed by atoms with van der Waals surface area (Å²) in [4.78, 5) is 14.9. The highest BCUT2D eigenvalue weighted by atomic mass is 19.2. The van der Waals surface area contributed by atoms with Crippen LogP contribution in [-0.4, -0.2) is 43.0 Å². The Morgan fingerprint density at radius 2 is 2.21 bits per heavy atom. The van der Waals surface area contributed by atoms with Gasteiger partial charge in [0, 0.05) is 6.20 Å². The molecule has 4 N–H and O–H groups in total. The SMILES string of the molecule is C[C@]1(F)[C@H](n2ccc(N)nc2=O)O[C@]2(F)C(O)[C@@]12O. The van der Waals surface area contributed by atoms with Gasteiger partial charge in [-0.2, -0.15) is 4.98 Å². The van der Waals surface area contributed by atoms with Crippen molar-refractivity contribution in [2.24, 2.45) is 0 Å². The van der Waals surface area contributed by atoms with Crippen LogP contribution in [0, 0.1) is 0 Å². The van der Waals surface area contributed by atoms with Gasteiger partial charge in [0.15, 0.2) is 23.6 Å². The van der Waals surface area contributed by atoms with Crippen LogP contribution in [-0.2, 0) is 4.74 Å². The summed E-state index contributed by atoms with van der Waals surface area (Å²) in [6, 6.07) is 1.20. The topological polar surface area (TPSA) is 111 Å². The summed E-state index contributed by atoms with van der Waals surface area (Å²) in [5.41, 5.74) is -1.07. The molecule has 2 heterocycles. The Kier molecular flexibility index (Phi) is 2.04. The van der Waals surface area contributed by atoms with E-state index in [1.807, 2.05) is 0 Å². The Balaban J connectivity index is 2.08. The number of aliphatic hydroxyl groups is 2. The highest BCUT2D eigenvalue weighted by molar-refractivity contribution is 5.35. The van der Waals surface area contributed by atoms with Crippen molar-refractivity contribution in [1.82, 2.24) is 9.55 Å². The maximum atomic E-state index is 14.6. The summed E-state index contributed by atoms with van der Waals surface area (Å²) in [5.74, 6) is -3.01. The van der Waals surface area contributed by atoms with E-state index < -0.39 is 35.1 Å². The molecule has 0 amide bonds. The van der Waals surface area contributed by atoms with Crippen molar-refractivity contribution in [3.8, 4) is 0 Å². The lowest BCUT2D eigenvalue weighted by Crippen LogP contribution is -2.47. The zero-order valence-electron chi connectivity index (χ0n) is 9.75. The molecule has 5 atom stereocenters. The zero-order valence-corrected chi connectivity index (χ0v) is 9.75. The molecule has 0 spiro atoms. The first-order valence-electron chi connectivity index (χ1n) is 5.47. The smallest absolute Gasteiger partial charge is 0.351 e. The van der Waals surface area contributed by atoms with Gasteiger partial charge in [0.1, 0.15) is 5.82 Å². The van der Waals surface area contributed by atoms with Gasteiger partial charge in [-0.05, 0) is 13.0 Å². The number of ether oxygens (including phenoxy) is 1. The van der Waals surface area contributed by atoms with Crippen molar-refractivity contribution >= 4 is 5.82 Å². The molecule has 1 saturated carbocycles. The number of nitrogen functional groups attached to an aromatic ring is 1. The van der Waals surface area contributed by atoms with E-state index in [-0.39, 0.29) is 5.82 Å². The second-order valence-corrected chi connectivity index (χ2v) is 4.90. The molecule has 1 aromatic rings. The van der Waals surface area contributed by atoms with Crippen LogP contribution >= 0.6 is 0 Å². The summed E-state index contributed by atoms with van der Waals surface area (Å²) in [5, 5.41) is 19.1. The van der Waals surface area contributed by atoms with E-state index in [0.29, 0.717) is 4.57 Å². The summed E-state index contributed by atoms with van der Waals surface area (Å²) in [6.07, 6.45) is -2.66. The fraction of sp³-hybridized carbons (Fsp3) is 0.600. The number of halogens is 2. The van der Waals surface area contributed by atoms with Gasteiger partial charge in [0.05, 0.1) is 0 Å². The second-order valence-electron chi connectivity index (χ2n) is 4.90. The Hall–Kier alpha value is -1.58. The van der Waals surface area contributed by atoms with Crippen molar-refractivity contribution in [2.45, 2.75) is 36.4 Å². The molecule has 2 aliphatic rings. The number of hydrogen-bond donors (Lipinski definition) is 3. The Bertz CT molecular complexity index is 621. The first-order valence-corrected chi connectivity index (χ1v) is 5.47. The molecular weight excluding hydrogens is 264 g/mol. The summed E-state index contributed by atoms with van der Waals surface area (Å²) >= 11 is 0. The molecule has 1 aliphatic carbocycles. The van der Waals surface area contributed by atoms with Crippen LogP contribution in [0.4, 0.5) is 14.6 Å². The maximum Gasteiger partial charge on any atom is 0.351 e. The Morgan fingerprint density at radius 1 is 1.58 bits per heavy atom. The number of aromatic nitrogens is 2. The Labute approximate surface area is 105 Å². The number of hydrogen-bond acceptors (Lipinski definition) is 6. The number of rotatable bonds is 1. The maximum absolute atomic E-state index is 14.6. The van der Waals surface area contributed by atoms with E-state index in [0.717, 1.165) is 13.1 Å². The molecule has 1 saturated heterocycles. The normalized spacial score (nSPS) is 48.1. The van der Waals surface area contributed by atoms with Gasteiger partial charge in [0.2, 0.25) is 0 Å². The van der Waals surface area contributed by atoms with E-state index in [4.69, 9.17) is 10.5 Å². The van der Waals surface area contributed by atoms with Crippen molar-refractivity contribution in [3.05, 3.63) is 22.7 Å². The molecule has 2 fully saturated rings. The van der Waals surface area contributed by atoms with Gasteiger partial charge in [-0.25, -0.2) is 13.6 Å². The van der Waals surface area contributed by atoms with E-state index in [1.54, 1.807) is 0 Å². The minimum Gasteiger partial charge on any atom is -0.384 e. The van der Waals surface area contributed by atoms with Gasteiger partial charge in [-0.15, -0.1) is 0 Å². The molecular formula is C10H11F2N3O4. The van der Waals surface area contributed by atoms with Gasteiger partial charge in [-0.1, -0.05) is 0 Å². The third-order valence-electron chi connectivity index (χ3n) is 3.78. The van der Waals surface area contributed by atoms with Gasteiger partial charge < -0.3 is 20.7 Å². The lowest BCUT2D eigenvalue weighted by atomic mass is 9.97. The van der Waals surface area contributed by atoms with Crippen molar-refractivity contribution in [2.75, 3.05) is 5.73 Å². The molecule has 19 heavy (non-hydrogen) atoms. The van der Waals surface area contributed by atoms with E-state index >= 15 is 0 Å². The van der Waals surface area contributed by atoms with Crippen LogP contribution < -0.4 is 11.4 Å². The summed E-state index contributed by atoms with van der Waals surface area (Å²) < 4.78 is 33.9. The molecule has 3 rings (SSSR count). The third-order valence-corrected chi connectivity index (χ3v) is 3.78. The largest absolute Gasteiger partial charge is 0.384 e. The highest BCUT2D eigenvalue weighted by Gasteiger charge is 2.94. The molecule has 0 bridgehead atoms. The number of fused-ring (bicyclic) bond motifs is 1. The lowest BCUT2D eigenvalue weighted by molar-refractivity contribution is -0.162. The number of nitrogens with zero attached hydrogens (tertiary/aromatic N) is 2.